The van der Waals surface area contributed by atoms with Gasteiger partial charge in [-0.05, 0) is 45.7 Å². The number of Topliss-reactive ketones (excluding diaryl/α,β-unsaturated/α-hetero) is 2. The number of benzene rings is 4. The van der Waals surface area contributed by atoms with Crippen LogP contribution in [0.4, 0.5) is 0 Å². The van der Waals surface area contributed by atoms with E-state index in [4.69, 9.17) is 34.2 Å². The van der Waals surface area contributed by atoms with Gasteiger partial charge in [0.15, 0.2) is 24.1 Å². The third-order valence-electron chi connectivity index (χ3n) is 16.1. The highest BCUT2D eigenvalue weighted by Gasteiger charge is 2.52. The van der Waals surface area contributed by atoms with Crippen molar-refractivity contribution in [1.82, 2.24) is 0 Å². The van der Waals surface area contributed by atoms with Crippen molar-refractivity contribution in [2.75, 3.05) is 14.2 Å². The first-order valence-corrected chi connectivity index (χ1v) is 24.7. The minimum absolute atomic E-state index is 0.00258. The maximum atomic E-state index is 14.5. The van der Waals surface area contributed by atoms with Crippen molar-refractivity contribution in [3.8, 4) is 34.5 Å². The molecule has 0 saturated carbocycles. The average Bonchev–Trinajstić information content (AvgIpc) is 3.48. The molecule has 2 fully saturated rings. The molecule has 0 bridgehead atoms. The number of carbonyl (C=O) groups is 6. The first-order chi connectivity index (χ1) is 35.9. The van der Waals surface area contributed by atoms with Crippen molar-refractivity contribution in [3.05, 3.63) is 103 Å². The molecule has 0 amide bonds. The maximum Gasteiger partial charge on any atom is 0.205 e. The fraction of sp³-hybridized carbons (Fsp3) is 0.436. The Labute approximate surface area is 433 Å². The smallest absolute Gasteiger partial charge is 0.205 e. The van der Waals surface area contributed by atoms with Crippen LogP contribution in [0.5, 0.6) is 34.5 Å². The summed E-state index contributed by atoms with van der Waals surface area (Å²) < 4.78 is 35.5. The van der Waals surface area contributed by atoms with Crippen LogP contribution in [0.25, 0.3) is 0 Å². The molecule has 4 aromatic rings. The number of aliphatic imine (C=N–C) groups is 1. The van der Waals surface area contributed by atoms with Crippen molar-refractivity contribution in [2.45, 2.75) is 133 Å². The van der Waals surface area contributed by atoms with E-state index in [0.717, 1.165) is 6.21 Å². The fourth-order valence-electron chi connectivity index (χ4n) is 11.8. The topological polar surface area (TPSA) is 338 Å². The number of nitrogens with two attached hydrogens (primary N) is 1. The molecule has 6 aliphatic rings. The highest BCUT2D eigenvalue weighted by molar-refractivity contribution is 6.33. The summed E-state index contributed by atoms with van der Waals surface area (Å²) in [5.74, 6) is -7.41. The van der Waals surface area contributed by atoms with Crippen molar-refractivity contribution < 1.29 is 92.9 Å². The molecule has 21 nitrogen and oxygen atoms in total. The van der Waals surface area contributed by atoms with E-state index in [2.05, 4.69) is 4.99 Å². The zero-order chi connectivity index (χ0) is 54.8. The molecule has 0 aromatic heterocycles. The molecule has 76 heavy (non-hydrogen) atoms. The van der Waals surface area contributed by atoms with E-state index in [-0.39, 0.29) is 87.5 Å². The molecule has 12 unspecified atom stereocenters. The third kappa shape index (κ3) is 8.10. The molecule has 9 N–H and O–H groups in total. The van der Waals surface area contributed by atoms with E-state index in [9.17, 15) is 64.5 Å². The number of rotatable bonds is 10. The van der Waals surface area contributed by atoms with Crippen LogP contribution in [0.15, 0.2) is 41.4 Å². The van der Waals surface area contributed by atoms with Gasteiger partial charge >= 0.3 is 0 Å². The van der Waals surface area contributed by atoms with Gasteiger partial charge in [-0.1, -0.05) is 31.2 Å². The van der Waals surface area contributed by atoms with Gasteiger partial charge in [-0.25, -0.2) is 0 Å². The minimum atomic E-state index is -2.52. The monoisotopic (exact) mass is 1050 g/mol. The second-order valence-corrected chi connectivity index (χ2v) is 20.8. The van der Waals surface area contributed by atoms with Gasteiger partial charge in [-0.3, -0.25) is 33.8 Å². The fourth-order valence-corrected chi connectivity index (χ4v) is 11.8. The van der Waals surface area contributed by atoms with Gasteiger partial charge in [-0.15, -0.1) is 0 Å². The average molecular weight is 1050 g/mol. The lowest BCUT2D eigenvalue weighted by molar-refractivity contribution is -0.247. The number of methoxy groups -OCH3 is 2. The lowest BCUT2D eigenvalue weighted by Crippen LogP contribution is -2.53. The lowest BCUT2D eigenvalue weighted by Gasteiger charge is -2.43. The van der Waals surface area contributed by atoms with Crippen molar-refractivity contribution in [1.29, 1.82) is 0 Å². The van der Waals surface area contributed by atoms with Gasteiger partial charge in [0.05, 0.1) is 90.4 Å². The van der Waals surface area contributed by atoms with E-state index in [0.29, 0.717) is 0 Å². The van der Waals surface area contributed by atoms with Crippen LogP contribution in [0.1, 0.15) is 152 Å². The normalized spacial score (nSPS) is 30.7. The number of nitrogens with zero attached hydrogens (tertiary/aromatic N) is 1. The van der Waals surface area contributed by atoms with Gasteiger partial charge in [0.2, 0.25) is 17.3 Å². The van der Waals surface area contributed by atoms with E-state index in [1.54, 1.807) is 13.8 Å². The van der Waals surface area contributed by atoms with E-state index >= 15 is 0 Å². The molecule has 21 heteroatoms. The highest BCUT2D eigenvalue weighted by Crippen LogP contribution is 2.56. The highest BCUT2D eigenvalue weighted by atomic mass is 16.7. The second-order valence-electron chi connectivity index (χ2n) is 20.8. The summed E-state index contributed by atoms with van der Waals surface area (Å²) in [6.07, 6.45) is -11.0. The van der Waals surface area contributed by atoms with Gasteiger partial charge in [0.25, 0.3) is 0 Å². The van der Waals surface area contributed by atoms with Crippen LogP contribution in [-0.4, -0.2) is 146 Å². The largest absolute Gasteiger partial charge is 0.507 e. The van der Waals surface area contributed by atoms with E-state index in [1.807, 2.05) is 0 Å². The number of aliphatic hydroxyl groups is 3. The number of phenolic OH excluding ortho intramolecular Hbond substituents is 4. The molecule has 2 aliphatic heterocycles. The number of ether oxygens (including phenoxy) is 6. The van der Waals surface area contributed by atoms with Gasteiger partial charge in [0, 0.05) is 70.5 Å². The Hall–Kier alpha value is -6.95. The van der Waals surface area contributed by atoms with Crippen LogP contribution < -0.4 is 15.2 Å². The summed E-state index contributed by atoms with van der Waals surface area (Å²) in [7, 11) is 2.60. The molecule has 2 heterocycles. The van der Waals surface area contributed by atoms with Crippen molar-refractivity contribution >= 4 is 40.9 Å². The van der Waals surface area contributed by atoms with Gasteiger partial charge in [0.1, 0.15) is 52.0 Å². The first kappa shape index (κ1) is 52.5. The Balaban J connectivity index is 0.973. The number of aliphatic hydroxyl groups excluding tert-OH is 2. The van der Waals surface area contributed by atoms with Crippen molar-refractivity contribution in [3.63, 3.8) is 0 Å². The minimum Gasteiger partial charge on any atom is -0.507 e. The molecule has 400 valence electrons. The summed E-state index contributed by atoms with van der Waals surface area (Å²) in [6, 6.07) is 6.59. The molecule has 0 spiro atoms. The molecule has 2 saturated heterocycles. The molecule has 0 radical (unpaired) electrons. The van der Waals surface area contributed by atoms with Crippen LogP contribution >= 0.6 is 0 Å². The predicted molar refractivity (Wildman–Crippen MR) is 262 cm³/mol. The molecule has 10 rings (SSSR count). The number of hydrogen-bond donors (Lipinski definition) is 8. The Morgan fingerprint density at radius 2 is 1.13 bits per heavy atom. The number of aromatic hydroxyl groups is 4. The zero-order valence-corrected chi connectivity index (χ0v) is 42.1. The molecule has 12 atom stereocenters. The standard InChI is InChI=1S/C55H56N2O19/c1-20-44(60)27(56)13-34(73-20)76-32-18-55(70,16-26-39(32)53(69)43-41(49(26)65)47(63)24-10-8-12-30(72-6)37(24)51(43)67)33(59)19-57-28-14-35(74-21(2)45(28)61)75-31-17-54(4,22(3)58)15-25-38(31)52(68)42-40(48(25)64)46(62)23-9-7-11-29(71-5)36(23)50(42)66/h7-12,19-21,27-28,31-32,34-35,44-45,60-61,64-65,68-70H,13-18,56H2,1-6H3. The SMILES string of the molecule is COc1cccc2c1C(=O)c1c(O)c3c(c(O)c1C2=O)CC(O)(C(=O)C=NC1CC(OC2CC(C)(C(C)=O)Cc4c(O)c5c(c(O)c42)C(=O)c2c(OC)cccc2C5=O)OC(C)C1O)CC3OC1CC(N)C(O)C(C)O1. The quantitative estimate of drug-likeness (QED) is 0.0719. The van der Waals surface area contributed by atoms with Crippen LogP contribution in [-0.2, 0) is 41.4 Å². The summed E-state index contributed by atoms with van der Waals surface area (Å²) in [5, 5.41) is 82.4. The Morgan fingerprint density at radius 1 is 0.671 bits per heavy atom. The lowest BCUT2D eigenvalue weighted by atomic mass is 9.67. The first-order valence-electron chi connectivity index (χ1n) is 24.7. The van der Waals surface area contributed by atoms with E-state index in [1.165, 1.54) is 64.5 Å². The van der Waals surface area contributed by atoms with Gasteiger partial charge < -0.3 is 69.9 Å². The van der Waals surface area contributed by atoms with Crippen molar-refractivity contribution in [2.24, 2.45) is 16.1 Å². The van der Waals surface area contributed by atoms with Gasteiger partial charge in [-0.2, -0.15) is 0 Å². The Bertz CT molecular complexity index is 3230. The molecule has 4 aliphatic carbocycles. The Kier molecular flexibility index (Phi) is 13.1. The summed E-state index contributed by atoms with van der Waals surface area (Å²) >= 11 is 0. The zero-order valence-electron chi connectivity index (χ0n) is 42.1. The maximum absolute atomic E-state index is 14.5. The van der Waals surface area contributed by atoms with Crippen LogP contribution in [0.3, 0.4) is 0 Å². The van der Waals surface area contributed by atoms with E-state index < -0.39 is 159 Å². The second kappa shape index (κ2) is 19.0. The Morgan fingerprint density at radius 3 is 1.62 bits per heavy atom. The van der Waals surface area contributed by atoms with Crippen LogP contribution in [0, 0.1) is 5.41 Å². The molecule has 4 aromatic carbocycles. The number of carbonyl (C=O) groups excluding carboxylic acids is 6. The summed E-state index contributed by atoms with van der Waals surface area (Å²) in [6.45, 7) is 6.01. The number of hydrogen-bond acceptors (Lipinski definition) is 21. The summed E-state index contributed by atoms with van der Waals surface area (Å²) in [5.41, 5.74) is -0.689. The number of fused-ring (bicyclic) bond motifs is 6. The third-order valence-corrected chi connectivity index (χ3v) is 16.1. The molecular weight excluding hydrogens is 993 g/mol. The van der Waals surface area contributed by atoms with Crippen LogP contribution in [0.2, 0.25) is 0 Å². The molecular formula is C55H56N2O19. The number of phenols is 4. The number of ketones is 6. The summed E-state index contributed by atoms with van der Waals surface area (Å²) in [4.78, 5) is 88.8. The predicted octanol–water partition coefficient (Wildman–Crippen LogP) is 3.44.